The van der Waals surface area contributed by atoms with E-state index in [1.54, 1.807) is 11.3 Å². The molecule has 0 radical (unpaired) electrons. The fraction of sp³-hybridized carbons (Fsp3) is 0.500. The van der Waals surface area contributed by atoms with E-state index in [1.807, 2.05) is 6.08 Å². The molecule has 0 saturated carbocycles. The molecule has 14 heavy (non-hydrogen) atoms. The summed E-state index contributed by atoms with van der Waals surface area (Å²) in [7, 11) is 0. The highest BCUT2D eigenvalue weighted by Crippen LogP contribution is 2.34. The average molecular weight is 208 g/mol. The number of rotatable bonds is 1. The number of hydrogen-bond acceptors (Lipinski definition) is 2. The first-order chi connectivity index (χ1) is 6.66. The van der Waals surface area contributed by atoms with Crippen LogP contribution in [0.4, 0.5) is 0 Å². The van der Waals surface area contributed by atoms with Crippen molar-refractivity contribution in [1.82, 2.24) is 0 Å². The van der Waals surface area contributed by atoms with Crippen LogP contribution >= 0.6 is 11.3 Å². The normalized spacial score (nSPS) is 27.5. The number of hydrogen-bond donors (Lipinski definition) is 1. The Morgan fingerprint density at radius 3 is 2.86 bits per heavy atom. The summed E-state index contributed by atoms with van der Waals surface area (Å²) in [5.74, 6) is 0.603. The lowest BCUT2D eigenvalue weighted by atomic mass is 9.87. The van der Waals surface area contributed by atoms with Crippen molar-refractivity contribution in [3.8, 4) is 0 Å². The standard InChI is InChI=1S/C12H16OS/c1-8-5-10(7-11(13)6-8)12-9(2)3-4-14-12/h3-4,7-8,11,13H,5-6H2,1-2H3. The summed E-state index contributed by atoms with van der Waals surface area (Å²) in [5, 5.41) is 11.8. The Bertz CT molecular complexity index is 351. The molecule has 0 aliphatic heterocycles. The van der Waals surface area contributed by atoms with Crippen molar-refractivity contribution in [3.63, 3.8) is 0 Å². The van der Waals surface area contributed by atoms with Crippen LogP contribution in [0.3, 0.4) is 0 Å². The molecule has 76 valence electrons. The van der Waals surface area contributed by atoms with E-state index in [-0.39, 0.29) is 6.10 Å². The molecule has 1 N–H and O–H groups in total. The quantitative estimate of drug-likeness (QED) is 0.751. The highest BCUT2D eigenvalue weighted by Gasteiger charge is 2.19. The van der Waals surface area contributed by atoms with E-state index in [4.69, 9.17) is 0 Å². The highest BCUT2D eigenvalue weighted by atomic mass is 32.1. The van der Waals surface area contributed by atoms with Crippen LogP contribution in [-0.2, 0) is 0 Å². The first-order valence-corrected chi connectivity index (χ1v) is 5.98. The molecule has 1 aromatic rings. The van der Waals surface area contributed by atoms with Crippen molar-refractivity contribution in [2.75, 3.05) is 0 Å². The number of allylic oxidation sites excluding steroid dienone is 1. The van der Waals surface area contributed by atoms with Gasteiger partial charge in [-0.3, -0.25) is 0 Å². The van der Waals surface area contributed by atoms with E-state index in [9.17, 15) is 5.11 Å². The van der Waals surface area contributed by atoms with E-state index >= 15 is 0 Å². The second-order valence-electron chi connectivity index (χ2n) is 4.24. The smallest absolute Gasteiger partial charge is 0.0729 e. The number of aliphatic hydroxyl groups excluding tert-OH is 1. The van der Waals surface area contributed by atoms with Crippen LogP contribution in [0, 0.1) is 12.8 Å². The molecule has 0 fully saturated rings. The topological polar surface area (TPSA) is 20.2 Å². The van der Waals surface area contributed by atoms with Crippen molar-refractivity contribution in [3.05, 3.63) is 28.0 Å². The van der Waals surface area contributed by atoms with Crippen LogP contribution < -0.4 is 0 Å². The van der Waals surface area contributed by atoms with Crippen molar-refractivity contribution in [2.45, 2.75) is 32.8 Å². The Balaban J connectivity index is 2.30. The van der Waals surface area contributed by atoms with Crippen molar-refractivity contribution < 1.29 is 5.11 Å². The van der Waals surface area contributed by atoms with Gasteiger partial charge in [0.2, 0.25) is 0 Å². The Kier molecular flexibility index (Phi) is 2.75. The van der Waals surface area contributed by atoms with E-state index in [2.05, 4.69) is 25.3 Å². The maximum Gasteiger partial charge on any atom is 0.0729 e. The first kappa shape index (κ1) is 9.94. The van der Waals surface area contributed by atoms with Gasteiger partial charge in [0, 0.05) is 4.88 Å². The third-order valence-corrected chi connectivity index (χ3v) is 3.85. The van der Waals surface area contributed by atoms with Crippen LogP contribution in [-0.4, -0.2) is 11.2 Å². The minimum absolute atomic E-state index is 0.241. The molecule has 1 heterocycles. The van der Waals surface area contributed by atoms with E-state index in [0.717, 1.165) is 12.8 Å². The molecule has 2 atom stereocenters. The zero-order valence-corrected chi connectivity index (χ0v) is 9.47. The Hall–Kier alpha value is -0.600. The Morgan fingerprint density at radius 1 is 1.50 bits per heavy atom. The van der Waals surface area contributed by atoms with Gasteiger partial charge >= 0.3 is 0 Å². The number of thiophene rings is 1. The van der Waals surface area contributed by atoms with Crippen molar-refractivity contribution >= 4 is 16.9 Å². The number of aliphatic hydroxyl groups is 1. The van der Waals surface area contributed by atoms with Gasteiger partial charge in [-0.1, -0.05) is 13.0 Å². The van der Waals surface area contributed by atoms with Gasteiger partial charge in [-0.2, -0.15) is 0 Å². The van der Waals surface area contributed by atoms with Crippen LogP contribution in [0.15, 0.2) is 17.5 Å². The summed E-state index contributed by atoms with van der Waals surface area (Å²) in [6.07, 6.45) is 3.81. The zero-order valence-electron chi connectivity index (χ0n) is 8.66. The monoisotopic (exact) mass is 208 g/mol. The SMILES string of the molecule is Cc1ccsc1C1=CC(O)CC(C)C1. The maximum absolute atomic E-state index is 9.67. The van der Waals surface area contributed by atoms with Crippen LogP contribution in [0.2, 0.25) is 0 Å². The summed E-state index contributed by atoms with van der Waals surface area (Å²) >= 11 is 1.78. The van der Waals surface area contributed by atoms with Gasteiger partial charge in [0.15, 0.2) is 0 Å². The van der Waals surface area contributed by atoms with Gasteiger partial charge in [-0.05, 0) is 48.3 Å². The lowest BCUT2D eigenvalue weighted by molar-refractivity contribution is 0.186. The predicted molar refractivity (Wildman–Crippen MR) is 61.4 cm³/mol. The molecule has 2 heteroatoms. The fourth-order valence-electron chi connectivity index (χ4n) is 2.11. The average Bonchev–Trinajstić information content (AvgIpc) is 2.49. The van der Waals surface area contributed by atoms with Gasteiger partial charge in [0.25, 0.3) is 0 Å². The van der Waals surface area contributed by atoms with Gasteiger partial charge in [0.1, 0.15) is 0 Å². The van der Waals surface area contributed by atoms with Crippen molar-refractivity contribution in [2.24, 2.45) is 5.92 Å². The third-order valence-electron chi connectivity index (χ3n) is 2.76. The van der Waals surface area contributed by atoms with Gasteiger partial charge < -0.3 is 5.11 Å². The van der Waals surface area contributed by atoms with Gasteiger partial charge in [-0.25, -0.2) is 0 Å². The van der Waals surface area contributed by atoms with Crippen LogP contribution in [0.25, 0.3) is 5.57 Å². The first-order valence-electron chi connectivity index (χ1n) is 5.10. The third kappa shape index (κ3) is 1.91. The molecule has 0 spiro atoms. The molecular formula is C12H16OS. The van der Waals surface area contributed by atoms with E-state index in [0.29, 0.717) is 5.92 Å². The minimum Gasteiger partial charge on any atom is -0.389 e. The summed E-state index contributed by atoms with van der Waals surface area (Å²) in [6, 6.07) is 2.15. The fourth-order valence-corrected chi connectivity index (χ4v) is 3.07. The Labute approximate surface area is 89.1 Å². The maximum atomic E-state index is 9.67. The summed E-state index contributed by atoms with van der Waals surface area (Å²) in [6.45, 7) is 4.34. The van der Waals surface area contributed by atoms with Crippen molar-refractivity contribution in [1.29, 1.82) is 0 Å². The number of aryl methyl sites for hydroxylation is 1. The van der Waals surface area contributed by atoms with E-state index in [1.165, 1.54) is 16.0 Å². The van der Waals surface area contributed by atoms with Gasteiger partial charge in [-0.15, -0.1) is 11.3 Å². The molecule has 2 rings (SSSR count). The second kappa shape index (κ2) is 3.87. The second-order valence-corrected chi connectivity index (χ2v) is 5.15. The molecule has 0 aromatic carbocycles. The zero-order chi connectivity index (χ0) is 10.1. The molecule has 1 nitrogen and oxygen atoms in total. The molecule has 1 aliphatic carbocycles. The minimum atomic E-state index is -0.241. The van der Waals surface area contributed by atoms with E-state index < -0.39 is 0 Å². The molecule has 0 saturated heterocycles. The lowest BCUT2D eigenvalue weighted by Gasteiger charge is -2.22. The molecule has 2 unspecified atom stereocenters. The molecular weight excluding hydrogens is 192 g/mol. The highest BCUT2D eigenvalue weighted by molar-refractivity contribution is 7.11. The van der Waals surface area contributed by atoms with Crippen LogP contribution in [0.1, 0.15) is 30.2 Å². The molecule has 1 aliphatic rings. The molecule has 0 amide bonds. The largest absolute Gasteiger partial charge is 0.389 e. The Morgan fingerprint density at radius 2 is 2.29 bits per heavy atom. The molecule has 0 bridgehead atoms. The molecule has 1 aromatic heterocycles. The van der Waals surface area contributed by atoms with Gasteiger partial charge in [0.05, 0.1) is 6.10 Å². The summed E-state index contributed by atoms with van der Waals surface area (Å²) < 4.78 is 0. The predicted octanol–water partition coefficient (Wildman–Crippen LogP) is 3.23. The lowest BCUT2D eigenvalue weighted by Crippen LogP contribution is -2.15. The summed E-state index contributed by atoms with van der Waals surface area (Å²) in [5.41, 5.74) is 2.67. The summed E-state index contributed by atoms with van der Waals surface area (Å²) in [4.78, 5) is 1.36. The van der Waals surface area contributed by atoms with Crippen LogP contribution in [0.5, 0.6) is 0 Å².